The molecule has 12 heavy (non-hydrogen) atoms. The van der Waals surface area contributed by atoms with E-state index in [1.807, 2.05) is 0 Å². The number of hydrogen-bond acceptors (Lipinski definition) is 2. The van der Waals surface area contributed by atoms with Crippen LogP contribution in [0.2, 0.25) is 0 Å². The quantitative estimate of drug-likeness (QED) is 0.584. The average Bonchev–Trinajstić information content (AvgIpc) is 1.99. The minimum Gasteiger partial charge on any atom is -0.508 e. The molecule has 0 aliphatic heterocycles. The molecule has 0 aliphatic carbocycles. The fraction of sp³-hybridized carbons (Fsp3) is 0. The van der Waals surface area contributed by atoms with Gasteiger partial charge in [-0.25, -0.2) is 4.39 Å². The molecule has 58 valence electrons. The molecule has 0 heterocycles. The van der Waals surface area contributed by atoms with Crippen molar-refractivity contribution < 1.29 is 9.50 Å². The van der Waals surface area contributed by atoms with Crippen molar-refractivity contribution in [1.82, 2.24) is 0 Å². The van der Waals surface area contributed by atoms with Crippen LogP contribution in [-0.4, -0.2) is 5.11 Å². The summed E-state index contributed by atoms with van der Waals surface area (Å²) in [4.78, 5) is 0. The van der Waals surface area contributed by atoms with Gasteiger partial charge < -0.3 is 5.11 Å². The number of benzene rings is 1. The zero-order valence-electron chi connectivity index (χ0n) is 6.00. The van der Waals surface area contributed by atoms with Gasteiger partial charge in [-0.15, -0.1) is 0 Å². The molecule has 1 rings (SSSR count). The molecule has 0 aliphatic rings. The number of phenolic OH excluding ortho intramolecular Hbond substituents is 1. The fourth-order valence-electron chi connectivity index (χ4n) is 0.746. The zero-order chi connectivity index (χ0) is 8.97. The van der Waals surface area contributed by atoms with Crippen LogP contribution in [-0.2, 0) is 0 Å². The first-order valence-electron chi connectivity index (χ1n) is 3.12. The second kappa shape index (κ2) is 3.41. The standard InChI is InChI=1S/C9H4FNO/c10-8-4-7(2-1-3-11)5-9(12)6-8/h4-6,12H. The smallest absolute Gasteiger partial charge is 0.152 e. The molecule has 1 aromatic carbocycles. The highest BCUT2D eigenvalue weighted by molar-refractivity contribution is 5.41. The van der Waals surface area contributed by atoms with Crippen molar-refractivity contribution in [3.8, 4) is 23.7 Å². The summed E-state index contributed by atoms with van der Waals surface area (Å²) in [5.74, 6) is 3.69. The van der Waals surface area contributed by atoms with Crippen molar-refractivity contribution in [3.05, 3.63) is 29.6 Å². The average molecular weight is 161 g/mol. The van der Waals surface area contributed by atoms with Gasteiger partial charge in [0.2, 0.25) is 0 Å². The molecule has 0 unspecified atom stereocenters. The van der Waals surface area contributed by atoms with E-state index in [0.29, 0.717) is 0 Å². The van der Waals surface area contributed by atoms with Crippen LogP contribution in [0.25, 0.3) is 0 Å². The van der Waals surface area contributed by atoms with Gasteiger partial charge in [-0.2, -0.15) is 5.26 Å². The van der Waals surface area contributed by atoms with Gasteiger partial charge in [-0.05, 0) is 12.1 Å². The van der Waals surface area contributed by atoms with Gasteiger partial charge in [0.1, 0.15) is 11.6 Å². The predicted molar refractivity (Wildman–Crippen MR) is 40.6 cm³/mol. The molecular weight excluding hydrogens is 157 g/mol. The van der Waals surface area contributed by atoms with Crippen molar-refractivity contribution in [2.24, 2.45) is 0 Å². The summed E-state index contributed by atoms with van der Waals surface area (Å²) >= 11 is 0. The van der Waals surface area contributed by atoms with Crippen LogP contribution in [0.3, 0.4) is 0 Å². The summed E-state index contributed by atoms with van der Waals surface area (Å²) in [6.45, 7) is 0. The third-order valence-electron chi connectivity index (χ3n) is 1.15. The van der Waals surface area contributed by atoms with Crippen molar-refractivity contribution >= 4 is 0 Å². The van der Waals surface area contributed by atoms with E-state index in [-0.39, 0.29) is 11.3 Å². The van der Waals surface area contributed by atoms with E-state index in [1.165, 1.54) is 6.07 Å². The Morgan fingerprint density at radius 3 is 2.67 bits per heavy atom. The maximum absolute atomic E-state index is 12.5. The Hall–Kier alpha value is -2.00. The third-order valence-corrected chi connectivity index (χ3v) is 1.15. The van der Waals surface area contributed by atoms with E-state index in [0.717, 1.165) is 12.1 Å². The summed E-state index contributed by atoms with van der Waals surface area (Å²) in [7, 11) is 0. The van der Waals surface area contributed by atoms with E-state index in [9.17, 15) is 4.39 Å². The molecule has 0 atom stereocenters. The van der Waals surface area contributed by atoms with Gasteiger partial charge in [-0.3, -0.25) is 0 Å². The molecule has 0 aromatic heterocycles. The Balaban J connectivity index is 3.11. The zero-order valence-corrected chi connectivity index (χ0v) is 6.00. The van der Waals surface area contributed by atoms with Gasteiger partial charge in [0.25, 0.3) is 0 Å². The lowest BCUT2D eigenvalue weighted by molar-refractivity contribution is 0.469. The monoisotopic (exact) mass is 161 g/mol. The number of rotatable bonds is 0. The van der Waals surface area contributed by atoms with Gasteiger partial charge in [0.05, 0.1) is 0 Å². The molecule has 0 saturated carbocycles. The van der Waals surface area contributed by atoms with E-state index in [1.54, 1.807) is 6.07 Å². The van der Waals surface area contributed by atoms with E-state index in [2.05, 4.69) is 11.8 Å². The molecule has 3 heteroatoms. The van der Waals surface area contributed by atoms with Crippen LogP contribution in [0, 0.1) is 29.0 Å². The molecule has 0 saturated heterocycles. The molecule has 0 fully saturated rings. The molecule has 0 bridgehead atoms. The number of phenols is 1. The maximum Gasteiger partial charge on any atom is 0.152 e. The normalized spacial score (nSPS) is 8.00. The number of hydrogen-bond donors (Lipinski definition) is 1. The number of nitriles is 1. The third kappa shape index (κ3) is 2.00. The summed E-state index contributed by atoms with van der Waals surface area (Å²) in [5, 5.41) is 17.0. The Labute approximate surface area is 68.9 Å². The second-order valence-corrected chi connectivity index (χ2v) is 2.06. The fourth-order valence-corrected chi connectivity index (χ4v) is 0.746. The highest BCUT2D eigenvalue weighted by atomic mass is 19.1. The summed E-state index contributed by atoms with van der Waals surface area (Å²) in [6.07, 6.45) is 0. The van der Waals surface area contributed by atoms with Crippen LogP contribution in [0.15, 0.2) is 18.2 Å². The highest BCUT2D eigenvalue weighted by Gasteiger charge is 1.95. The molecule has 1 N–H and O–H groups in total. The molecule has 0 spiro atoms. The first kappa shape index (κ1) is 8.10. The van der Waals surface area contributed by atoms with Crippen molar-refractivity contribution in [3.63, 3.8) is 0 Å². The minimum atomic E-state index is -0.572. The summed E-state index contributed by atoms with van der Waals surface area (Å²) in [5.41, 5.74) is 0.286. The lowest BCUT2D eigenvalue weighted by Crippen LogP contribution is -1.78. The van der Waals surface area contributed by atoms with E-state index in [4.69, 9.17) is 10.4 Å². The van der Waals surface area contributed by atoms with Gasteiger partial charge in [-0.1, -0.05) is 5.92 Å². The van der Waals surface area contributed by atoms with Crippen molar-refractivity contribution in [2.45, 2.75) is 0 Å². The lowest BCUT2D eigenvalue weighted by Gasteiger charge is -1.92. The Morgan fingerprint density at radius 1 is 1.33 bits per heavy atom. The van der Waals surface area contributed by atoms with E-state index >= 15 is 0 Å². The van der Waals surface area contributed by atoms with E-state index < -0.39 is 5.82 Å². The molecule has 0 amide bonds. The predicted octanol–water partition coefficient (Wildman–Crippen LogP) is 1.41. The topological polar surface area (TPSA) is 44.0 Å². The highest BCUT2D eigenvalue weighted by Crippen LogP contribution is 2.13. The first-order chi connectivity index (χ1) is 5.72. The number of nitrogens with zero attached hydrogens (tertiary/aromatic N) is 1. The summed E-state index contributed by atoms with van der Waals surface area (Å²) < 4.78 is 12.5. The second-order valence-electron chi connectivity index (χ2n) is 2.06. The SMILES string of the molecule is N#CC#Cc1cc(O)cc(F)c1. The Kier molecular flexibility index (Phi) is 2.30. The molecule has 2 nitrogen and oxygen atoms in total. The van der Waals surface area contributed by atoms with Crippen LogP contribution in [0.1, 0.15) is 5.56 Å². The lowest BCUT2D eigenvalue weighted by atomic mass is 10.2. The van der Waals surface area contributed by atoms with Gasteiger partial charge >= 0.3 is 0 Å². The van der Waals surface area contributed by atoms with Gasteiger partial charge in [0, 0.05) is 17.6 Å². The molecule has 0 radical (unpaired) electrons. The van der Waals surface area contributed by atoms with Crippen LogP contribution in [0.5, 0.6) is 5.75 Å². The largest absolute Gasteiger partial charge is 0.508 e. The van der Waals surface area contributed by atoms with Gasteiger partial charge in [0.15, 0.2) is 6.07 Å². The van der Waals surface area contributed by atoms with Crippen molar-refractivity contribution in [2.75, 3.05) is 0 Å². The maximum atomic E-state index is 12.5. The molecule has 1 aromatic rings. The Bertz CT molecular complexity index is 375. The van der Waals surface area contributed by atoms with Crippen molar-refractivity contribution in [1.29, 1.82) is 5.26 Å². The Morgan fingerprint density at radius 2 is 2.08 bits per heavy atom. The number of aromatic hydroxyl groups is 1. The van der Waals surface area contributed by atoms with Crippen LogP contribution >= 0.6 is 0 Å². The molecular formula is C9H4FNO. The first-order valence-corrected chi connectivity index (χ1v) is 3.12. The minimum absolute atomic E-state index is 0.197. The van der Waals surface area contributed by atoms with Crippen LogP contribution < -0.4 is 0 Å². The van der Waals surface area contributed by atoms with Crippen LogP contribution in [0.4, 0.5) is 4.39 Å². The number of halogens is 1. The summed E-state index contributed by atoms with van der Waals surface area (Å²) in [6, 6.07) is 4.99.